The molecule has 4 aromatic rings. The SMILES string of the molecule is CCCCCCCCCCOc1c(OCCCCCCCCCC)c(C(=O)OCC)n(Cc2ccccc2)c1C(=O)OCC.CCOC(=O)c1c(O)c(O)c(C(=O)OCC)n1Cc1ccccc1. The number of aromatic hydroxyl groups is 2. The highest BCUT2D eigenvalue weighted by molar-refractivity contribution is 6.00. The molecule has 2 heterocycles. The van der Waals surface area contributed by atoms with Crippen molar-refractivity contribution in [2.75, 3.05) is 39.6 Å². The van der Waals surface area contributed by atoms with Crippen molar-refractivity contribution in [2.24, 2.45) is 0 Å². The van der Waals surface area contributed by atoms with E-state index in [9.17, 15) is 29.4 Å². The van der Waals surface area contributed by atoms with Gasteiger partial charge in [-0.2, -0.15) is 0 Å². The summed E-state index contributed by atoms with van der Waals surface area (Å²) in [7, 11) is 0. The second-order valence-electron chi connectivity index (χ2n) is 16.4. The van der Waals surface area contributed by atoms with E-state index in [-0.39, 0.29) is 73.8 Å². The Balaban J connectivity index is 0.000000428. The predicted octanol–water partition coefficient (Wildman–Crippen LogP) is 12.2. The molecule has 68 heavy (non-hydrogen) atoms. The Morgan fingerprint density at radius 1 is 0.397 bits per heavy atom. The molecule has 0 bridgehead atoms. The van der Waals surface area contributed by atoms with E-state index >= 15 is 0 Å². The van der Waals surface area contributed by atoms with Crippen LogP contribution in [0, 0.1) is 0 Å². The van der Waals surface area contributed by atoms with Gasteiger partial charge in [0.25, 0.3) is 0 Å². The summed E-state index contributed by atoms with van der Waals surface area (Å²) in [5, 5.41) is 20.2. The maximum absolute atomic E-state index is 13.5. The number of esters is 4. The van der Waals surface area contributed by atoms with E-state index < -0.39 is 35.4 Å². The molecule has 0 aliphatic heterocycles. The number of carbonyl (C=O) groups excluding carboxylic acids is 4. The van der Waals surface area contributed by atoms with Gasteiger partial charge in [0, 0.05) is 13.1 Å². The Labute approximate surface area is 404 Å². The fraction of sp³-hybridized carbons (Fsp3) is 0.556. The van der Waals surface area contributed by atoms with Crippen LogP contribution in [0.3, 0.4) is 0 Å². The van der Waals surface area contributed by atoms with Crippen molar-refractivity contribution < 1.29 is 57.8 Å². The van der Waals surface area contributed by atoms with Crippen LogP contribution in [-0.2, 0) is 32.0 Å². The molecule has 2 N–H and O–H groups in total. The van der Waals surface area contributed by atoms with Gasteiger partial charge in [0.2, 0.25) is 0 Å². The number of rotatable bonds is 32. The summed E-state index contributed by atoms with van der Waals surface area (Å²) in [6.45, 7) is 13.0. The zero-order valence-corrected chi connectivity index (χ0v) is 41.6. The molecule has 0 amide bonds. The lowest BCUT2D eigenvalue weighted by Crippen LogP contribution is -2.19. The van der Waals surface area contributed by atoms with Crippen LogP contribution in [0.5, 0.6) is 23.0 Å². The number of aromatic nitrogens is 2. The fourth-order valence-electron chi connectivity index (χ4n) is 7.72. The Bertz CT molecular complexity index is 1970. The van der Waals surface area contributed by atoms with Crippen molar-refractivity contribution >= 4 is 23.9 Å². The van der Waals surface area contributed by atoms with Gasteiger partial charge in [-0.1, -0.05) is 164 Å². The molecule has 0 fully saturated rings. The number of nitrogens with zero attached hydrogens (tertiary/aromatic N) is 2. The molecule has 0 radical (unpaired) electrons. The summed E-state index contributed by atoms with van der Waals surface area (Å²) in [5.74, 6) is -3.59. The Morgan fingerprint density at radius 3 is 0.985 bits per heavy atom. The van der Waals surface area contributed by atoms with Crippen molar-refractivity contribution in [3.8, 4) is 23.0 Å². The van der Waals surface area contributed by atoms with E-state index in [0.717, 1.165) is 49.7 Å². The zero-order chi connectivity index (χ0) is 49.5. The minimum Gasteiger partial charge on any atom is -0.503 e. The van der Waals surface area contributed by atoms with Crippen LogP contribution in [0.2, 0.25) is 0 Å². The second-order valence-corrected chi connectivity index (χ2v) is 16.4. The summed E-state index contributed by atoms with van der Waals surface area (Å²) >= 11 is 0. The molecule has 376 valence electrons. The van der Waals surface area contributed by atoms with Crippen LogP contribution >= 0.6 is 0 Å². The van der Waals surface area contributed by atoms with E-state index in [4.69, 9.17) is 28.4 Å². The molecule has 4 rings (SSSR count). The van der Waals surface area contributed by atoms with Gasteiger partial charge in [-0.3, -0.25) is 0 Å². The van der Waals surface area contributed by atoms with Crippen LogP contribution in [0.15, 0.2) is 60.7 Å². The fourth-order valence-corrected chi connectivity index (χ4v) is 7.72. The third-order valence-corrected chi connectivity index (χ3v) is 11.1. The van der Waals surface area contributed by atoms with Gasteiger partial charge in [0.1, 0.15) is 0 Å². The molecule has 0 unspecified atom stereocenters. The topological polar surface area (TPSA) is 174 Å². The first-order valence-electron chi connectivity index (χ1n) is 25.0. The quantitative estimate of drug-likeness (QED) is 0.0270. The predicted molar refractivity (Wildman–Crippen MR) is 263 cm³/mol. The molecular formula is C54H78N2O12. The molecule has 2 aromatic heterocycles. The van der Waals surface area contributed by atoms with E-state index in [1.165, 1.54) is 68.8 Å². The van der Waals surface area contributed by atoms with E-state index in [0.29, 0.717) is 13.2 Å². The van der Waals surface area contributed by atoms with Crippen LogP contribution in [-0.4, -0.2) is 82.9 Å². The Kier molecular flexibility index (Phi) is 27.1. The van der Waals surface area contributed by atoms with Gasteiger partial charge in [0.05, 0.1) is 39.6 Å². The monoisotopic (exact) mass is 947 g/mol. The number of ether oxygens (including phenoxy) is 6. The minimum atomic E-state index is -0.836. The second kappa shape index (κ2) is 32.7. The lowest BCUT2D eigenvalue weighted by atomic mass is 10.1. The Hall–Kier alpha value is -5.92. The molecule has 0 saturated heterocycles. The van der Waals surface area contributed by atoms with Crippen LogP contribution in [0.4, 0.5) is 0 Å². The highest BCUT2D eigenvalue weighted by atomic mass is 16.6. The third kappa shape index (κ3) is 18.0. The van der Waals surface area contributed by atoms with Gasteiger partial charge in [-0.05, 0) is 51.7 Å². The van der Waals surface area contributed by atoms with E-state index in [2.05, 4.69) is 13.8 Å². The van der Waals surface area contributed by atoms with Gasteiger partial charge in [0.15, 0.2) is 45.8 Å². The molecule has 2 aromatic carbocycles. The molecular weight excluding hydrogens is 869 g/mol. The van der Waals surface area contributed by atoms with E-state index in [1.807, 2.05) is 36.4 Å². The van der Waals surface area contributed by atoms with Crippen molar-refractivity contribution in [2.45, 2.75) is 157 Å². The number of benzene rings is 2. The summed E-state index contributed by atoms with van der Waals surface area (Å²) in [4.78, 5) is 51.3. The number of unbranched alkanes of at least 4 members (excludes halogenated alkanes) is 14. The standard InChI is InChI=1S/C37H59NO6.C17H19NO6/c1-5-9-11-13-15-17-19-24-28-43-34-32(36(39)41-7-3)38(30-31-26-22-21-23-27-31)33(37(40)42-8-4)35(34)44-29-25-20-18-16-14-12-10-6-2;1-3-23-16(21)12-14(19)15(20)13(17(22)24-4-2)18(12)10-11-8-6-5-7-9-11/h21-23,26-27H,5-20,24-25,28-30H2,1-4H3;5-9,19-20H,3-4,10H2,1-2H3. The lowest BCUT2D eigenvalue weighted by molar-refractivity contribution is 0.0482. The van der Waals surface area contributed by atoms with Crippen LogP contribution in [0.25, 0.3) is 0 Å². The summed E-state index contributed by atoms with van der Waals surface area (Å²) in [5.41, 5.74) is 1.52. The van der Waals surface area contributed by atoms with Crippen molar-refractivity contribution in [1.29, 1.82) is 0 Å². The average molecular weight is 947 g/mol. The molecule has 0 spiro atoms. The number of hydrogen-bond donors (Lipinski definition) is 2. The van der Waals surface area contributed by atoms with Crippen molar-refractivity contribution in [3.05, 3.63) is 94.6 Å². The summed E-state index contributed by atoms with van der Waals surface area (Å²) < 4.78 is 36.4. The molecule has 14 heteroatoms. The Morgan fingerprint density at radius 2 is 0.676 bits per heavy atom. The molecule has 0 aliphatic carbocycles. The third-order valence-electron chi connectivity index (χ3n) is 11.1. The van der Waals surface area contributed by atoms with Crippen LogP contribution in [0.1, 0.15) is 197 Å². The maximum Gasteiger partial charge on any atom is 0.359 e. The molecule has 14 nitrogen and oxygen atoms in total. The van der Waals surface area contributed by atoms with Crippen molar-refractivity contribution in [1.82, 2.24) is 9.13 Å². The normalized spacial score (nSPS) is 10.8. The maximum atomic E-state index is 13.5. The van der Waals surface area contributed by atoms with Gasteiger partial charge < -0.3 is 47.8 Å². The number of hydrogen-bond acceptors (Lipinski definition) is 12. The first-order valence-corrected chi connectivity index (χ1v) is 25.0. The minimum absolute atomic E-state index is 0.0806. The molecule has 0 atom stereocenters. The summed E-state index contributed by atoms with van der Waals surface area (Å²) in [6.07, 6.45) is 18.8. The molecule has 0 aliphatic rings. The number of carbonyl (C=O) groups is 4. The first-order chi connectivity index (χ1) is 33.1. The van der Waals surface area contributed by atoms with Crippen LogP contribution < -0.4 is 9.47 Å². The van der Waals surface area contributed by atoms with E-state index in [1.54, 1.807) is 56.5 Å². The van der Waals surface area contributed by atoms with Crippen molar-refractivity contribution in [3.63, 3.8) is 0 Å². The molecule has 0 saturated carbocycles. The lowest BCUT2D eigenvalue weighted by Gasteiger charge is -2.13. The largest absolute Gasteiger partial charge is 0.503 e. The van der Waals surface area contributed by atoms with Gasteiger partial charge in [-0.25, -0.2) is 19.2 Å². The zero-order valence-electron chi connectivity index (χ0n) is 41.6. The highest BCUT2D eigenvalue weighted by Crippen LogP contribution is 2.41. The average Bonchev–Trinajstić information content (AvgIpc) is 3.77. The first kappa shape index (κ1) is 56.4. The smallest absolute Gasteiger partial charge is 0.359 e. The highest BCUT2D eigenvalue weighted by Gasteiger charge is 2.36. The van der Waals surface area contributed by atoms with Gasteiger partial charge >= 0.3 is 23.9 Å². The van der Waals surface area contributed by atoms with Gasteiger partial charge in [-0.15, -0.1) is 0 Å². The summed E-state index contributed by atoms with van der Waals surface area (Å²) in [6, 6.07) is 18.7.